The maximum Gasteiger partial charge on any atom is 0.296 e. The van der Waals surface area contributed by atoms with Gasteiger partial charge in [-0.25, -0.2) is 8.42 Å². The highest BCUT2D eigenvalue weighted by atomic mass is 32.2. The lowest BCUT2D eigenvalue weighted by Gasteiger charge is -2.13. The van der Waals surface area contributed by atoms with Crippen molar-refractivity contribution < 1.29 is 21.0 Å². The highest BCUT2D eigenvalue weighted by Crippen LogP contribution is 2.41. The number of benzene rings is 2. The van der Waals surface area contributed by atoms with E-state index in [0.717, 1.165) is 11.1 Å². The molecule has 27 heavy (non-hydrogen) atoms. The Labute approximate surface area is 161 Å². The van der Waals surface area contributed by atoms with Gasteiger partial charge in [-0.05, 0) is 51.5 Å². The molecule has 0 spiro atoms. The average Bonchev–Trinajstić information content (AvgIpc) is 3.28. The van der Waals surface area contributed by atoms with Crippen LogP contribution in [0.3, 0.4) is 0 Å². The first-order valence-electron chi connectivity index (χ1n) is 8.60. The lowest BCUT2D eigenvalue weighted by Crippen LogP contribution is -2.23. The molecule has 1 heterocycles. The summed E-state index contributed by atoms with van der Waals surface area (Å²) in [6, 6.07) is 13.1. The molecular weight excluding hydrogens is 386 g/mol. The minimum atomic E-state index is -3.85. The fourth-order valence-electron chi connectivity index (χ4n) is 2.83. The van der Waals surface area contributed by atoms with Gasteiger partial charge in [-0.2, -0.15) is 12.7 Å². The van der Waals surface area contributed by atoms with Crippen molar-refractivity contribution in [3.8, 4) is 0 Å². The molecule has 1 aliphatic heterocycles. The minimum absolute atomic E-state index is 0.0768. The molecule has 1 fully saturated rings. The minimum Gasteiger partial charge on any atom is -0.266 e. The number of rotatable bonds is 7. The highest BCUT2D eigenvalue weighted by molar-refractivity contribution is 7.89. The van der Waals surface area contributed by atoms with Crippen LogP contribution in [0, 0.1) is 13.8 Å². The van der Waals surface area contributed by atoms with Gasteiger partial charge in [0, 0.05) is 12.1 Å². The monoisotopic (exact) mass is 409 g/mol. The molecule has 2 aromatic rings. The summed E-state index contributed by atoms with van der Waals surface area (Å²) in [5.74, 6) is 0. The zero-order valence-corrected chi connectivity index (χ0v) is 17.2. The highest BCUT2D eigenvalue weighted by Gasteiger charge is 2.55. The SMILES string of the molecule is Cc1ccc(S(=O)(=O)OCC[C@@]2(C)CN2S(=O)(=O)c2ccc(C)cc2)cc1. The molecule has 0 radical (unpaired) electrons. The standard InChI is InChI=1S/C19H23NO5S2/c1-15-4-8-17(9-5-15)26(21,22)20-14-19(20,3)12-13-25-27(23,24)18-10-6-16(2)7-11-18/h4-11H,12-14H2,1-3H3/t19-,20?/m0/s1. The Balaban J connectivity index is 1.62. The van der Waals surface area contributed by atoms with E-state index in [1.165, 1.54) is 16.4 Å². The zero-order valence-electron chi connectivity index (χ0n) is 15.5. The summed E-state index contributed by atoms with van der Waals surface area (Å²) in [5, 5.41) is 0. The van der Waals surface area contributed by atoms with Crippen LogP contribution < -0.4 is 0 Å². The van der Waals surface area contributed by atoms with Crippen LogP contribution in [0.5, 0.6) is 0 Å². The van der Waals surface area contributed by atoms with Crippen molar-refractivity contribution in [3.63, 3.8) is 0 Å². The van der Waals surface area contributed by atoms with Crippen LogP contribution in [0.25, 0.3) is 0 Å². The van der Waals surface area contributed by atoms with E-state index in [1.54, 1.807) is 43.3 Å². The van der Waals surface area contributed by atoms with Gasteiger partial charge in [0.25, 0.3) is 10.1 Å². The predicted molar refractivity (Wildman–Crippen MR) is 102 cm³/mol. The molecule has 1 aliphatic rings. The molecule has 0 saturated carbocycles. The lowest BCUT2D eigenvalue weighted by molar-refractivity contribution is 0.290. The predicted octanol–water partition coefficient (Wildman–Crippen LogP) is 2.86. The number of hydrogen-bond acceptors (Lipinski definition) is 5. The fourth-order valence-corrected chi connectivity index (χ4v) is 5.60. The third kappa shape index (κ3) is 4.24. The molecule has 0 aromatic heterocycles. The van der Waals surface area contributed by atoms with Crippen LogP contribution >= 0.6 is 0 Å². The van der Waals surface area contributed by atoms with E-state index in [2.05, 4.69) is 0 Å². The molecule has 2 aromatic carbocycles. The Hall–Kier alpha value is -1.74. The van der Waals surface area contributed by atoms with Crippen molar-refractivity contribution in [1.82, 2.24) is 4.31 Å². The topological polar surface area (TPSA) is 80.5 Å². The summed E-state index contributed by atoms with van der Waals surface area (Å²) < 4.78 is 56.3. The van der Waals surface area contributed by atoms with E-state index in [9.17, 15) is 16.8 Å². The quantitative estimate of drug-likeness (QED) is 0.519. The Morgan fingerprint density at radius 1 is 0.889 bits per heavy atom. The van der Waals surface area contributed by atoms with Crippen molar-refractivity contribution >= 4 is 20.1 Å². The van der Waals surface area contributed by atoms with Crippen LogP contribution in [0.1, 0.15) is 24.5 Å². The molecule has 0 bridgehead atoms. The van der Waals surface area contributed by atoms with E-state index in [4.69, 9.17) is 4.18 Å². The summed E-state index contributed by atoms with van der Waals surface area (Å²) in [7, 11) is -7.43. The summed E-state index contributed by atoms with van der Waals surface area (Å²) in [6.45, 7) is 5.82. The third-order valence-corrected chi connectivity index (χ3v) is 8.13. The fraction of sp³-hybridized carbons (Fsp3) is 0.368. The van der Waals surface area contributed by atoms with E-state index in [1.807, 2.05) is 13.8 Å². The van der Waals surface area contributed by atoms with Crippen LogP contribution in [0.4, 0.5) is 0 Å². The van der Waals surface area contributed by atoms with Gasteiger partial charge in [0.1, 0.15) is 0 Å². The Bertz CT molecular complexity index is 1030. The first kappa shape index (κ1) is 20.0. The summed E-state index contributed by atoms with van der Waals surface area (Å²) in [5.41, 5.74) is 1.31. The van der Waals surface area contributed by atoms with Gasteiger partial charge in [-0.1, -0.05) is 35.4 Å². The molecule has 3 rings (SSSR count). The van der Waals surface area contributed by atoms with Crippen LogP contribution in [-0.2, 0) is 24.3 Å². The molecule has 1 saturated heterocycles. The molecule has 1 unspecified atom stereocenters. The van der Waals surface area contributed by atoms with Gasteiger partial charge >= 0.3 is 0 Å². The molecule has 0 aliphatic carbocycles. The molecule has 0 amide bonds. The zero-order chi connectivity index (χ0) is 19.9. The molecular formula is C19H23NO5S2. The second-order valence-corrected chi connectivity index (χ2v) is 10.6. The molecule has 8 heteroatoms. The second kappa shape index (κ2) is 7.01. The molecule has 0 N–H and O–H groups in total. The van der Waals surface area contributed by atoms with Crippen LogP contribution in [-0.4, -0.2) is 39.8 Å². The van der Waals surface area contributed by atoms with Crippen molar-refractivity contribution in [2.45, 2.75) is 42.5 Å². The first-order valence-corrected chi connectivity index (χ1v) is 11.5. The van der Waals surface area contributed by atoms with E-state index < -0.39 is 25.7 Å². The van der Waals surface area contributed by atoms with Gasteiger partial charge in [0.05, 0.1) is 16.4 Å². The van der Waals surface area contributed by atoms with Crippen molar-refractivity contribution in [2.24, 2.45) is 0 Å². The van der Waals surface area contributed by atoms with Gasteiger partial charge in [0.2, 0.25) is 10.0 Å². The third-order valence-electron chi connectivity index (χ3n) is 4.78. The molecule has 146 valence electrons. The molecule has 6 nitrogen and oxygen atoms in total. The summed E-state index contributed by atoms with van der Waals surface area (Å²) >= 11 is 0. The second-order valence-electron chi connectivity index (χ2n) is 7.16. The normalized spacial score (nSPS) is 22.6. The molecule has 2 atom stereocenters. The maximum atomic E-state index is 12.7. The lowest BCUT2D eigenvalue weighted by atomic mass is 10.1. The summed E-state index contributed by atoms with van der Waals surface area (Å²) in [4.78, 5) is 0.336. The Morgan fingerprint density at radius 2 is 1.37 bits per heavy atom. The van der Waals surface area contributed by atoms with Crippen LogP contribution in [0.15, 0.2) is 58.3 Å². The van der Waals surface area contributed by atoms with E-state index >= 15 is 0 Å². The smallest absolute Gasteiger partial charge is 0.266 e. The van der Waals surface area contributed by atoms with Gasteiger partial charge in [0.15, 0.2) is 0 Å². The Kier molecular flexibility index (Phi) is 5.20. The van der Waals surface area contributed by atoms with Crippen LogP contribution in [0.2, 0.25) is 0 Å². The van der Waals surface area contributed by atoms with Gasteiger partial charge < -0.3 is 0 Å². The van der Waals surface area contributed by atoms with E-state index in [-0.39, 0.29) is 16.4 Å². The number of hydrogen-bond donors (Lipinski definition) is 0. The van der Waals surface area contributed by atoms with E-state index in [0.29, 0.717) is 13.0 Å². The first-order chi connectivity index (χ1) is 12.5. The average molecular weight is 410 g/mol. The van der Waals surface area contributed by atoms with Gasteiger partial charge in [-0.3, -0.25) is 4.18 Å². The largest absolute Gasteiger partial charge is 0.296 e. The number of aryl methyl sites for hydroxylation is 2. The van der Waals surface area contributed by atoms with Crippen molar-refractivity contribution in [1.29, 1.82) is 0 Å². The van der Waals surface area contributed by atoms with Crippen molar-refractivity contribution in [3.05, 3.63) is 59.7 Å². The van der Waals surface area contributed by atoms with Crippen molar-refractivity contribution in [2.75, 3.05) is 13.2 Å². The number of nitrogens with zero attached hydrogens (tertiary/aromatic N) is 1. The van der Waals surface area contributed by atoms with Gasteiger partial charge in [-0.15, -0.1) is 0 Å². The Morgan fingerprint density at radius 3 is 1.89 bits per heavy atom. The summed E-state index contributed by atoms with van der Waals surface area (Å²) in [6.07, 6.45) is 0.295. The number of sulfonamides is 1. The maximum absolute atomic E-state index is 12.7.